The zero-order chi connectivity index (χ0) is 17.6. The van der Waals surface area contributed by atoms with Crippen molar-refractivity contribution in [2.45, 2.75) is 19.0 Å². The van der Waals surface area contributed by atoms with Crippen LogP contribution in [-0.4, -0.2) is 42.4 Å². The maximum Gasteiger partial charge on any atom is 0.237 e. The van der Waals surface area contributed by atoms with Gasteiger partial charge in [0.05, 0.1) is 18.6 Å². The van der Waals surface area contributed by atoms with Gasteiger partial charge in [-0.2, -0.15) is 0 Å². The van der Waals surface area contributed by atoms with Crippen molar-refractivity contribution < 1.29 is 9.59 Å². The van der Waals surface area contributed by atoms with E-state index in [2.05, 4.69) is 10.6 Å². The van der Waals surface area contributed by atoms with Crippen molar-refractivity contribution in [2.75, 3.05) is 19.6 Å². The van der Waals surface area contributed by atoms with Crippen molar-refractivity contribution in [2.24, 2.45) is 0 Å². The van der Waals surface area contributed by atoms with E-state index in [9.17, 15) is 9.59 Å². The number of nitrogens with one attached hydrogen (secondary N) is 2. The van der Waals surface area contributed by atoms with Gasteiger partial charge in [-0.05, 0) is 18.1 Å². The lowest BCUT2D eigenvalue weighted by Crippen LogP contribution is -2.55. The summed E-state index contributed by atoms with van der Waals surface area (Å²) in [6.45, 7) is 3.37. The lowest BCUT2D eigenvalue weighted by Gasteiger charge is -2.32. The van der Waals surface area contributed by atoms with Gasteiger partial charge in [0, 0.05) is 13.1 Å². The van der Waals surface area contributed by atoms with E-state index in [0.29, 0.717) is 13.1 Å². The number of hydrogen-bond acceptors (Lipinski definition) is 3. The molecule has 1 fully saturated rings. The summed E-state index contributed by atoms with van der Waals surface area (Å²) in [5.41, 5.74) is 2.07. The van der Waals surface area contributed by atoms with Gasteiger partial charge in [-0.3, -0.25) is 14.5 Å². The zero-order valence-electron chi connectivity index (χ0n) is 14.3. The molecule has 0 bridgehead atoms. The third-order valence-corrected chi connectivity index (χ3v) is 4.55. The van der Waals surface area contributed by atoms with E-state index >= 15 is 0 Å². The first-order valence-corrected chi connectivity index (χ1v) is 8.56. The van der Waals surface area contributed by atoms with E-state index in [-0.39, 0.29) is 30.4 Å². The zero-order valence-corrected chi connectivity index (χ0v) is 14.3. The highest BCUT2D eigenvalue weighted by Gasteiger charge is 2.28. The van der Waals surface area contributed by atoms with E-state index in [1.54, 1.807) is 0 Å². The molecule has 1 heterocycles. The van der Waals surface area contributed by atoms with Gasteiger partial charge in [0.15, 0.2) is 0 Å². The van der Waals surface area contributed by atoms with Gasteiger partial charge in [0.25, 0.3) is 0 Å². The molecule has 2 N–H and O–H groups in total. The molecule has 2 amide bonds. The number of piperazine rings is 1. The summed E-state index contributed by atoms with van der Waals surface area (Å²) >= 11 is 0. The van der Waals surface area contributed by atoms with Crippen LogP contribution in [0.1, 0.15) is 24.1 Å². The van der Waals surface area contributed by atoms with Crippen molar-refractivity contribution in [3.8, 4) is 0 Å². The fraction of sp³-hybridized carbons (Fsp3) is 0.300. The van der Waals surface area contributed by atoms with Crippen molar-refractivity contribution in [3.63, 3.8) is 0 Å². The molecule has 130 valence electrons. The van der Waals surface area contributed by atoms with Crippen LogP contribution in [0.4, 0.5) is 0 Å². The fourth-order valence-electron chi connectivity index (χ4n) is 3.07. The molecule has 1 atom stereocenters. The first-order chi connectivity index (χ1) is 12.1. The average molecular weight is 337 g/mol. The minimum Gasteiger partial charge on any atom is -0.354 e. The van der Waals surface area contributed by atoms with Crippen LogP contribution in [0.2, 0.25) is 0 Å². The van der Waals surface area contributed by atoms with Crippen LogP contribution in [0.5, 0.6) is 0 Å². The SMILES string of the molecule is C[C@H](C(=O)NC(c1ccccc1)c1ccccc1)N1CCNC(=O)C1. The largest absolute Gasteiger partial charge is 0.354 e. The highest BCUT2D eigenvalue weighted by atomic mass is 16.2. The van der Waals surface area contributed by atoms with Crippen LogP contribution in [0, 0.1) is 0 Å². The molecular weight excluding hydrogens is 314 g/mol. The summed E-state index contributed by atoms with van der Waals surface area (Å²) < 4.78 is 0. The standard InChI is InChI=1S/C20H23N3O2/c1-15(23-13-12-21-18(24)14-23)20(25)22-19(16-8-4-2-5-9-16)17-10-6-3-7-11-17/h2-11,15,19H,12-14H2,1H3,(H,21,24)(H,22,25)/t15-/m1/s1. The molecule has 3 rings (SSSR count). The van der Waals surface area contributed by atoms with E-state index in [1.165, 1.54) is 0 Å². The maximum absolute atomic E-state index is 12.8. The summed E-state index contributed by atoms with van der Waals surface area (Å²) in [5.74, 6) is -0.110. The Kier molecular flexibility index (Phi) is 5.46. The van der Waals surface area contributed by atoms with E-state index in [1.807, 2.05) is 72.5 Å². The highest BCUT2D eigenvalue weighted by Crippen LogP contribution is 2.22. The Morgan fingerprint density at radius 2 is 1.60 bits per heavy atom. The van der Waals surface area contributed by atoms with Crippen LogP contribution in [0.25, 0.3) is 0 Å². The summed E-state index contributed by atoms with van der Waals surface area (Å²) in [5, 5.41) is 5.94. The molecule has 25 heavy (non-hydrogen) atoms. The van der Waals surface area contributed by atoms with E-state index < -0.39 is 0 Å². The molecule has 0 spiro atoms. The molecule has 0 aliphatic carbocycles. The Morgan fingerprint density at radius 3 is 2.12 bits per heavy atom. The molecule has 0 radical (unpaired) electrons. The number of amides is 2. The molecule has 1 saturated heterocycles. The van der Waals surface area contributed by atoms with Gasteiger partial charge >= 0.3 is 0 Å². The van der Waals surface area contributed by atoms with Crippen LogP contribution in [0.3, 0.4) is 0 Å². The van der Waals surface area contributed by atoms with E-state index in [0.717, 1.165) is 11.1 Å². The molecule has 5 heteroatoms. The van der Waals surface area contributed by atoms with Crippen LogP contribution in [-0.2, 0) is 9.59 Å². The summed E-state index contributed by atoms with van der Waals surface area (Å²) in [6, 6.07) is 19.3. The minimum atomic E-state index is -0.360. The third kappa shape index (κ3) is 4.25. The Labute approximate surface area is 148 Å². The predicted molar refractivity (Wildman–Crippen MR) is 96.9 cm³/mol. The summed E-state index contributed by atoms with van der Waals surface area (Å²) in [7, 11) is 0. The number of carbonyl (C=O) groups excluding carboxylic acids is 2. The second-order valence-corrected chi connectivity index (χ2v) is 6.26. The Morgan fingerprint density at radius 1 is 1.04 bits per heavy atom. The van der Waals surface area contributed by atoms with Gasteiger partial charge in [0.2, 0.25) is 11.8 Å². The minimum absolute atomic E-state index is 0.0337. The topological polar surface area (TPSA) is 61.4 Å². The molecule has 2 aromatic carbocycles. The van der Waals surface area contributed by atoms with Crippen molar-refractivity contribution >= 4 is 11.8 Å². The average Bonchev–Trinajstić information content (AvgIpc) is 2.66. The number of benzene rings is 2. The van der Waals surface area contributed by atoms with Gasteiger partial charge in [0.1, 0.15) is 0 Å². The number of hydrogen-bond donors (Lipinski definition) is 2. The predicted octanol–water partition coefficient (Wildman–Crippen LogP) is 1.71. The molecule has 0 aromatic heterocycles. The van der Waals surface area contributed by atoms with Crippen molar-refractivity contribution in [3.05, 3.63) is 71.8 Å². The Bertz CT molecular complexity index is 679. The maximum atomic E-state index is 12.8. The molecule has 5 nitrogen and oxygen atoms in total. The number of rotatable bonds is 5. The highest BCUT2D eigenvalue weighted by molar-refractivity contribution is 5.84. The molecular formula is C20H23N3O2. The van der Waals surface area contributed by atoms with Crippen molar-refractivity contribution in [1.82, 2.24) is 15.5 Å². The van der Waals surface area contributed by atoms with Gasteiger partial charge in [-0.25, -0.2) is 0 Å². The monoisotopic (exact) mass is 337 g/mol. The smallest absolute Gasteiger partial charge is 0.237 e. The fourth-order valence-corrected chi connectivity index (χ4v) is 3.07. The number of nitrogens with zero attached hydrogens (tertiary/aromatic N) is 1. The molecule has 1 aliphatic heterocycles. The Balaban J connectivity index is 1.78. The summed E-state index contributed by atoms with van der Waals surface area (Å²) in [6.07, 6.45) is 0. The van der Waals surface area contributed by atoms with Crippen molar-refractivity contribution in [1.29, 1.82) is 0 Å². The van der Waals surface area contributed by atoms with Crippen LogP contribution in [0.15, 0.2) is 60.7 Å². The molecule has 2 aromatic rings. The first-order valence-electron chi connectivity index (χ1n) is 8.56. The second kappa shape index (κ2) is 7.94. The first kappa shape index (κ1) is 17.2. The third-order valence-electron chi connectivity index (χ3n) is 4.55. The second-order valence-electron chi connectivity index (χ2n) is 6.26. The van der Waals surface area contributed by atoms with Crippen LogP contribution >= 0.6 is 0 Å². The summed E-state index contributed by atoms with van der Waals surface area (Å²) in [4.78, 5) is 26.3. The molecule has 0 unspecified atom stereocenters. The lowest BCUT2D eigenvalue weighted by atomic mass is 9.98. The Hall–Kier alpha value is -2.66. The van der Waals surface area contributed by atoms with Gasteiger partial charge in [-0.15, -0.1) is 0 Å². The van der Waals surface area contributed by atoms with Crippen LogP contribution < -0.4 is 10.6 Å². The molecule has 1 aliphatic rings. The van der Waals surface area contributed by atoms with Gasteiger partial charge in [-0.1, -0.05) is 60.7 Å². The number of carbonyl (C=O) groups is 2. The molecule has 0 saturated carbocycles. The quantitative estimate of drug-likeness (QED) is 0.873. The lowest BCUT2D eigenvalue weighted by molar-refractivity contribution is -0.130. The van der Waals surface area contributed by atoms with E-state index in [4.69, 9.17) is 0 Å². The normalized spacial score (nSPS) is 16.3. The van der Waals surface area contributed by atoms with Gasteiger partial charge < -0.3 is 10.6 Å².